The molecule has 1 heterocycles. The number of halogens is 1. The summed E-state index contributed by atoms with van der Waals surface area (Å²) in [7, 11) is 0. The first-order valence-corrected chi connectivity index (χ1v) is 5.13. The van der Waals surface area contributed by atoms with Crippen LogP contribution >= 0.6 is 0 Å². The Bertz CT molecular complexity index is 435. The summed E-state index contributed by atoms with van der Waals surface area (Å²) in [5.41, 5.74) is -0.0202. The van der Waals surface area contributed by atoms with E-state index in [0.717, 1.165) is 0 Å². The molecule has 16 heavy (non-hydrogen) atoms. The zero-order valence-corrected chi connectivity index (χ0v) is 9.00. The van der Waals surface area contributed by atoms with Gasteiger partial charge in [-0.15, -0.1) is 0 Å². The lowest BCUT2D eigenvalue weighted by atomic mass is 9.80. The highest BCUT2D eigenvalue weighted by Gasteiger charge is 2.41. The van der Waals surface area contributed by atoms with Crippen LogP contribution in [0.1, 0.15) is 12.5 Å². The van der Waals surface area contributed by atoms with Crippen molar-refractivity contribution in [1.82, 2.24) is 0 Å². The van der Waals surface area contributed by atoms with Crippen LogP contribution in [0.15, 0.2) is 18.2 Å². The van der Waals surface area contributed by atoms with Crippen molar-refractivity contribution < 1.29 is 13.9 Å². The fourth-order valence-corrected chi connectivity index (χ4v) is 1.67. The maximum atomic E-state index is 13.6. The van der Waals surface area contributed by atoms with Gasteiger partial charge < -0.3 is 9.47 Å². The van der Waals surface area contributed by atoms with E-state index in [1.807, 2.05) is 0 Å². The zero-order valence-electron chi connectivity index (χ0n) is 9.00. The van der Waals surface area contributed by atoms with E-state index in [1.165, 1.54) is 6.07 Å². The fraction of sp³-hybridized carbons (Fsp3) is 0.417. The summed E-state index contributed by atoms with van der Waals surface area (Å²) in [4.78, 5) is 0. The molecule has 0 bridgehead atoms. The predicted molar refractivity (Wildman–Crippen MR) is 55.7 cm³/mol. The monoisotopic (exact) mass is 221 g/mol. The van der Waals surface area contributed by atoms with E-state index in [2.05, 4.69) is 6.07 Å². The van der Waals surface area contributed by atoms with Crippen LogP contribution in [0.5, 0.6) is 5.75 Å². The molecule has 0 aliphatic carbocycles. The smallest absolute Gasteiger partial charge is 0.165 e. The molecule has 2 rings (SSSR count). The molecule has 1 aromatic rings. The highest BCUT2D eigenvalue weighted by molar-refractivity contribution is 5.39. The van der Waals surface area contributed by atoms with Gasteiger partial charge in [0.25, 0.3) is 0 Å². The van der Waals surface area contributed by atoms with Crippen molar-refractivity contribution in [2.75, 3.05) is 19.8 Å². The third-order valence-electron chi connectivity index (χ3n) is 2.70. The van der Waals surface area contributed by atoms with Gasteiger partial charge in [-0.3, -0.25) is 0 Å². The molecule has 1 aromatic carbocycles. The topological polar surface area (TPSA) is 42.2 Å². The normalized spacial score (nSPS) is 17.3. The molecule has 1 aliphatic rings. The first-order chi connectivity index (χ1) is 7.72. The number of hydrogen-bond donors (Lipinski definition) is 0. The van der Waals surface area contributed by atoms with Crippen LogP contribution in [0.2, 0.25) is 0 Å². The molecule has 0 saturated carbocycles. The van der Waals surface area contributed by atoms with Crippen LogP contribution in [0, 0.1) is 17.1 Å². The van der Waals surface area contributed by atoms with Crippen LogP contribution < -0.4 is 4.74 Å². The molecule has 0 N–H and O–H groups in total. The van der Waals surface area contributed by atoms with Crippen molar-refractivity contribution in [2.24, 2.45) is 0 Å². The number of hydrogen-bond acceptors (Lipinski definition) is 3. The van der Waals surface area contributed by atoms with Gasteiger partial charge in [0, 0.05) is 0 Å². The number of ether oxygens (including phenoxy) is 2. The third-order valence-corrected chi connectivity index (χ3v) is 2.70. The molecular weight excluding hydrogens is 209 g/mol. The zero-order chi connectivity index (χ0) is 11.6. The molecule has 4 heteroatoms. The van der Waals surface area contributed by atoms with Crippen LogP contribution in [-0.2, 0) is 10.2 Å². The number of nitriles is 1. The first kappa shape index (κ1) is 10.9. The van der Waals surface area contributed by atoms with E-state index >= 15 is 0 Å². The highest BCUT2D eigenvalue weighted by atomic mass is 19.1. The highest BCUT2D eigenvalue weighted by Crippen LogP contribution is 2.33. The van der Waals surface area contributed by atoms with E-state index in [-0.39, 0.29) is 5.75 Å². The minimum Gasteiger partial charge on any atom is -0.491 e. The summed E-state index contributed by atoms with van der Waals surface area (Å²) in [5.74, 6) is -0.208. The second kappa shape index (κ2) is 4.11. The van der Waals surface area contributed by atoms with Crippen LogP contribution in [0.25, 0.3) is 0 Å². The summed E-state index contributed by atoms with van der Waals surface area (Å²) in [6.45, 7) is 2.88. The number of rotatable bonds is 3. The van der Waals surface area contributed by atoms with Gasteiger partial charge in [0.15, 0.2) is 11.6 Å². The van der Waals surface area contributed by atoms with Gasteiger partial charge >= 0.3 is 0 Å². The Labute approximate surface area is 93.4 Å². The lowest BCUT2D eigenvalue weighted by molar-refractivity contribution is -0.0299. The van der Waals surface area contributed by atoms with Gasteiger partial charge in [-0.1, -0.05) is 6.07 Å². The maximum Gasteiger partial charge on any atom is 0.165 e. The second-order valence-electron chi connectivity index (χ2n) is 3.76. The molecule has 84 valence electrons. The van der Waals surface area contributed by atoms with E-state index in [4.69, 9.17) is 14.7 Å². The molecule has 3 nitrogen and oxygen atoms in total. The Hall–Kier alpha value is -1.60. The van der Waals surface area contributed by atoms with Crippen molar-refractivity contribution in [1.29, 1.82) is 5.26 Å². The van der Waals surface area contributed by atoms with Crippen LogP contribution in [0.3, 0.4) is 0 Å². The van der Waals surface area contributed by atoms with E-state index in [0.29, 0.717) is 25.4 Å². The van der Waals surface area contributed by atoms with Crippen molar-refractivity contribution in [3.63, 3.8) is 0 Å². The van der Waals surface area contributed by atoms with Crippen LogP contribution in [-0.4, -0.2) is 19.8 Å². The van der Waals surface area contributed by atoms with Crippen molar-refractivity contribution in [3.8, 4) is 11.8 Å². The van der Waals surface area contributed by atoms with Crippen LogP contribution in [0.4, 0.5) is 4.39 Å². The third kappa shape index (κ3) is 1.63. The Morgan fingerprint density at radius 1 is 1.56 bits per heavy atom. The molecule has 0 aromatic heterocycles. The SMILES string of the molecule is CCOc1ccc(C2(C#N)COC2)cc1F. The van der Waals surface area contributed by atoms with Gasteiger partial charge in [0.1, 0.15) is 5.41 Å². The number of benzene rings is 1. The summed E-state index contributed by atoms with van der Waals surface area (Å²) in [5, 5.41) is 9.07. The molecular formula is C12H12FNO2. The van der Waals surface area contributed by atoms with Gasteiger partial charge in [0.2, 0.25) is 0 Å². The average molecular weight is 221 g/mol. The van der Waals surface area contributed by atoms with Gasteiger partial charge in [0.05, 0.1) is 25.9 Å². The summed E-state index contributed by atoms with van der Waals surface area (Å²) < 4.78 is 23.7. The Kier molecular flexibility index (Phi) is 2.80. The summed E-state index contributed by atoms with van der Waals surface area (Å²) >= 11 is 0. The summed E-state index contributed by atoms with van der Waals surface area (Å²) in [6, 6.07) is 6.82. The molecule has 0 amide bonds. The number of nitrogens with zero attached hydrogens (tertiary/aromatic N) is 1. The van der Waals surface area contributed by atoms with Gasteiger partial charge in [-0.05, 0) is 24.6 Å². The van der Waals surface area contributed by atoms with Gasteiger partial charge in [-0.2, -0.15) is 5.26 Å². The first-order valence-electron chi connectivity index (χ1n) is 5.13. The molecule has 1 saturated heterocycles. The molecule has 0 atom stereocenters. The molecule has 0 unspecified atom stereocenters. The standard InChI is InChI=1S/C12H12FNO2/c1-2-16-11-4-3-9(5-10(11)13)12(6-14)7-15-8-12/h3-5H,2,7-8H2,1H3. The average Bonchev–Trinajstić information content (AvgIpc) is 2.21. The lowest BCUT2D eigenvalue weighted by Crippen LogP contribution is -2.45. The Balaban J connectivity index is 2.31. The van der Waals surface area contributed by atoms with Crippen molar-refractivity contribution in [2.45, 2.75) is 12.3 Å². The minimum atomic E-state index is -0.675. The fourth-order valence-electron chi connectivity index (χ4n) is 1.67. The Morgan fingerprint density at radius 2 is 2.31 bits per heavy atom. The maximum absolute atomic E-state index is 13.6. The molecule has 1 fully saturated rings. The predicted octanol–water partition coefficient (Wildman–Crippen LogP) is 2.02. The Morgan fingerprint density at radius 3 is 2.75 bits per heavy atom. The minimum absolute atomic E-state index is 0.222. The van der Waals surface area contributed by atoms with E-state index in [1.54, 1.807) is 19.1 Å². The lowest BCUT2D eigenvalue weighted by Gasteiger charge is -2.35. The van der Waals surface area contributed by atoms with Crippen molar-refractivity contribution >= 4 is 0 Å². The van der Waals surface area contributed by atoms with Crippen molar-refractivity contribution in [3.05, 3.63) is 29.6 Å². The largest absolute Gasteiger partial charge is 0.491 e. The molecule has 1 aliphatic heterocycles. The van der Waals surface area contributed by atoms with E-state index < -0.39 is 11.2 Å². The summed E-state index contributed by atoms with van der Waals surface area (Å²) in [6.07, 6.45) is 0. The molecule has 0 radical (unpaired) electrons. The van der Waals surface area contributed by atoms with Gasteiger partial charge in [-0.25, -0.2) is 4.39 Å². The quantitative estimate of drug-likeness (QED) is 0.784. The van der Waals surface area contributed by atoms with E-state index in [9.17, 15) is 4.39 Å². The second-order valence-corrected chi connectivity index (χ2v) is 3.76. The molecule has 0 spiro atoms.